The Morgan fingerprint density at radius 1 is 1.26 bits per heavy atom. The van der Waals surface area contributed by atoms with E-state index in [1.165, 1.54) is 6.33 Å². The number of aryl methyl sites for hydroxylation is 1. The number of nitrogens with zero attached hydrogens (tertiary/aromatic N) is 3. The number of hydrogen-bond acceptors (Lipinski definition) is 4. The Kier molecular flexibility index (Phi) is 3.05. The molecule has 0 saturated carbocycles. The summed E-state index contributed by atoms with van der Waals surface area (Å²) < 4.78 is 0. The van der Waals surface area contributed by atoms with Crippen LogP contribution < -0.4 is 5.32 Å². The molecule has 1 aromatic carbocycles. The summed E-state index contributed by atoms with van der Waals surface area (Å²) in [5, 5.41) is 3.99. The van der Waals surface area contributed by atoms with Gasteiger partial charge in [0, 0.05) is 11.6 Å². The lowest BCUT2D eigenvalue weighted by atomic mass is 10.2. The van der Waals surface area contributed by atoms with Gasteiger partial charge in [-0.25, -0.2) is 15.0 Å². The highest BCUT2D eigenvalue weighted by Crippen LogP contribution is 2.19. The molecule has 96 valence electrons. The molecular formula is C13H12ClN5. The zero-order chi connectivity index (χ0) is 13.2. The minimum atomic E-state index is 0.601. The van der Waals surface area contributed by atoms with E-state index in [1.54, 1.807) is 0 Å². The molecule has 0 saturated heterocycles. The standard InChI is InChI=1S/C13H12ClN5/c1-8-18-11-12(16-7-17-13(11)19-8)15-6-9-4-2-3-5-10(9)14/h2-5,7H,6H2,1H3,(H2,15,16,17,18,19). The van der Waals surface area contributed by atoms with Gasteiger partial charge in [0.2, 0.25) is 0 Å². The summed E-state index contributed by atoms with van der Waals surface area (Å²) in [5.74, 6) is 1.54. The highest BCUT2D eigenvalue weighted by molar-refractivity contribution is 6.31. The van der Waals surface area contributed by atoms with Gasteiger partial charge in [0.1, 0.15) is 17.7 Å². The Balaban J connectivity index is 1.88. The second kappa shape index (κ2) is 4.85. The van der Waals surface area contributed by atoms with Crippen LogP contribution in [0.4, 0.5) is 5.82 Å². The molecule has 0 atom stereocenters. The summed E-state index contributed by atoms with van der Waals surface area (Å²) in [5.41, 5.74) is 2.49. The first-order valence-corrected chi connectivity index (χ1v) is 6.26. The maximum Gasteiger partial charge on any atom is 0.183 e. The van der Waals surface area contributed by atoms with Crippen molar-refractivity contribution in [1.29, 1.82) is 0 Å². The Bertz CT molecular complexity index is 722. The molecule has 2 N–H and O–H groups in total. The molecule has 19 heavy (non-hydrogen) atoms. The van der Waals surface area contributed by atoms with Crippen LogP contribution in [0.15, 0.2) is 30.6 Å². The molecule has 0 unspecified atom stereocenters. The van der Waals surface area contributed by atoms with Crippen LogP contribution in [0.5, 0.6) is 0 Å². The highest BCUT2D eigenvalue weighted by Gasteiger charge is 2.07. The molecule has 0 radical (unpaired) electrons. The number of anilines is 1. The second-order valence-electron chi connectivity index (χ2n) is 4.19. The van der Waals surface area contributed by atoms with Gasteiger partial charge in [0.15, 0.2) is 11.5 Å². The van der Waals surface area contributed by atoms with Gasteiger partial charge in [-0.2, -0.15) is 0 Å². The molecule has 0 aliphatic rings. The maximum absolute atomic E-state index is 6.12. The predicted octanol–water partition coefficient (Wildman–Crippen LogP) is 2.93. The van der Waals surface area contributed by atoms with Crippen LogP contribution in [0, 0.1) is 6.92 Å². The number of rotatable bonds is 3. The van der Waals surface area contributed by atoms with Gasteiger partial charge in [0.25, 0.3) is 0 Å². The van der Waals surface area contributed by atoms with Gasteiger partial charge in [0.05, 0.1) is 0 Å². The fourth-order valence-corrected chi connectivity index (χ4v) is 2.10. The number of fused-ring (bicyclic) bond motifs is 1. The Morgan fingerprint density at radius 3 is 2.95 bits per heavy atom. The normalized spacial score (nSPS) is 10.8. The van der Waals surface area contributed by atoms with Gasteiger partial charge in [-0.3, -0.25) is 0 Å². The number of nitrogens with one attached hydrogen (secondary N) is 2. The van der Waals surface area contributed by atoms with Crippen molar-refractivity contribution >= 4 is 28.6 Å². The molecule has 0 fully saturated rings. The van der Waals surface area contributed by atoms with Crippen molar-refractivity contribution in [3.8, 4) is 0 Å². The molecule has 6 heteroatoms. The summed E-state index contributed by atoms with van der Waals surface area (Å²) in [6, 6.07) is 7.71. The van der Waals surface area contributed by atoms with Crippen molar-refractivity contribution in [2.45, 2.75) is 13.5 Å². The van der Waals surface area contributed by atoms with Crippen molar-refractivity contribution in [1.82, 2.24) is 19.9 Å². The molecule has 0 amide bonds. The van der Waals surface area contributed by atoms with E-state index in [-0.39, 0.29) is 0 Å². The fraction of sp³-hybridized carbons (Fsp3) is 0.154. The first-order valence-electron chi connectivity index (χ1n) is 5.88. The van der Waals surface area contributed by atoms with Crippen LogP contribution in [0.2, 0.25) is 5.02 Å². The highest BCUT2D eigenvalue weighted by atomic mass is 35.5. The van der Waals surface area contributed by atoms with Crippen molar-refractivity contribution < 1.29 is 0 Å². The number of hydrogen-bond donors (Lipinski definition) is 2. The van der Waals surface area contributed by atoms with Crippen molar-refractivity contribution in [2.75, 3.05) is 5.32 Å². The first-order chi connectivity index (χ1) is 9.24. The van der Waals surface area contributed by atoms with Gasteiger partial charge >= 0.3 is 0 Å². The third kappa shape index (κ3) is 2.37. The lowest BCUT2D eigenvalue weighted by Gasteiger charge is -2.07. The summed E-state index contributed by atoms with van der Waals surface area (Å²) >= 11 is 6.12. The predicted molar refractivity (Wildman–Crippen MR) is 75.2 cm³/mol. The molecule has 0 aliphatic carbocycles. The minimum absolute atomic E-state index is 0.601. The van der Waals surface area contributed by atoms with Crippen molar-refractivity contribution in [3.05, 3.63) is 47.0 Å². The van der Waals surface area contributed by atoms with E-state index in [9.17, 15) is 0 Å². The fourth-order valence-electron chi connectivity index (χ4n) is 1.90. The number of aromatic nitrogens is 4. The average molecular weight is 274 g/mol. The van der Waals surface area contributed by atoms with E-state index in [0.29, 0.717) is 12.2 Å². The molecule has 2 heterocycles. The SMILES string of the molecule is Cc1nc2ncnc(NCc3ccccc3Cl)c2[nH]1. The third-order valence-electron chi connectivity index (χ3n) is 2.81. The maximum atomic E-state index is 6.12. The molecule has 3 rings (SSSR count). The smallest absolute Gasteiger partial charge is 0.183 e. The van der Waals surface area contributed by atoms with E-state index in [0.717, 1.165) is 27.7 Å². The number of aromatic amines is 1. The minimum Gasteiger partial charge on any atom is -0.364 e. The van der Waals surface area contributed by atoms with E-state index in [1.807, 2.05) is 31.2 Å². The van der Waals surface area contributed by atoms with Crippen molar-refractivity contribution in [3.63, 3.8) is 0 Å². The van der Waals surface area contributed by atoms with E-state index in [4.69, 9.17) is 11.6 Å². The van der Waals surface area contributed by atoms with Gasteiger partial charge < -0.3 is 10.3 Å². The summed E-state index contributed by atoms with van der Waals surface area (Å²) in [4.78, 5) is 15.8. The monoisotopic (exact) mass is 273 g/mol. The van der Waals surface area contributed by atoms with Crippen molar-refractivity contribution in [2.24, 2.45) is 0 Å². The van der Waals surface area contributed by atoms with Crippen LogP contribution >= 0.6 is 11.6 Å². The Labute approximate surface area is 115 Å². The molecule has 5 nitrogen and oxygen atoms in total. The lowest BCUT2D eigenvalue weighted by molar-refractivity contribution is 1.10. The van der Waals surface area contributed by atoms with Gasteiger partial charge in [-0.05, 0) is 18.6 Å². The average Bonchev–Trinajstić information content (AvgIpc) is 2.78. The quantitative estimate of drug-likeness (QED) is 0.770. The van der Waals surface area contributed by atoms with Gasteiger partial charge in [-0.15, -0.1) is 0 Å². The Morgan fingerprint density at radius 2 is 2.11 bits per heavy atom. The molecular weight excluding hydrogens is 262 g/mol. The second-order valence-corrected chi connectivity index (χ2v) is 4.60. The molecule has 0 bridgehead atoms. The van der Waals surface area contributed by atoms with Crippen LogP contribution in [-0.4, -0.2) is 19.9 Å². The molecule has 0 aliphatic heterocycles. The molecule has 3 aromatic rings. The van der Waals surface area contributed by atoms with Crippen LogP contribution in [0.25, 0.3) is 11.2 Å². The zero-order valence-electron chi connectivity index (χ0n) is 10.3. The van der Waals surface area contributed by atoms with Crippen LogP contribution in [-0.2, 0) is 6.54 Å². The van der Waals surface area contributed by atoms with Gasteiger partial charge in [-0.1, -0.05) is 29.8 Å². The van der Waals surface area contributed by atoms with Crippen LogP contribution in [0.1, 0.15) is 11.4 Å². The first kappa shape index (κ1) is 11.9. The summed E-state index contributed by atoms with van der Waals surface area (Å²) in [6.07, 6.45) is 1.50. The zero-order valence-corrected chi connectivity index (χ0v) is 11.1. The molecule has 2 aromatic heterocycles. The number of benzene rings is 1. The third-order valence-corrected chi connectivity index (χ3v) is 3.18. The molecule has 0 spiro atoms. The topological polar surface area (TPSA) is 66.5 Å². The summed E-state index contributed by atoms with van der Waals surface area (Å²) in [6.45, 7) is 2.49. The largest absolute Gasteiger partial charge is 0.364 e. The lowest BCUT2D eigenvalue weighted by Crippen LogP contribution is -2.03. The summed E-state index contributed by atoms with van der Waals surface area (Å²) in [7, 11) is 0. The van der Waals surface area contributed by atoms with E-state index < -0.39 is 0 Å². The Hall–Kier alpha value is -2.14. The van der Waals surface area contributed by atoms with E-state index >= 15 is 0 Å². The number of H-pyrrole nitrogens is 1. The number of halogens is 1. The number of imidazole rings is 1. The van der Waals surface area contributed by atoms with Crippen LogP contribution in [0.3, 0.4) is 0 Å². The van der Waals surface area contributed by atoms with E-state index in [2.05, 4.69) is 25.3 Å².